The zero-order valence-corrected chi connectivity index (χ0v) is 22.8. The quantitative estimate of drug-likeness (QED) is 0.248. The molecule has 6 rings (SSSR count). The molecule has 1 saturated heterocycles. The molecule has 6 aliphatic rings. The summed E-state index contributed by atoms with van der Waals surface area (Å²) in [5, 5.41) is 43.0. The van der Waals surface area contributed by atoms with Crippen LogP contribution in [0, 0.1) is 34.5 Å². The van der Waals surface area contributed by atoms with Crippen LogP contribution in [0.4, 0.5) is 0 Å². The molecule has 4 aliphatic carbocycles. The standard InChI is InChI=1S/C30H44O8/c1-15-20(17-11-23(31)36-14-17)8-10-30(35)21-6-5-18-12-19(7-9-28(18,3)22(21)13-29(15,30)4)38-27-26(34)25(33)24(32)16(2)37-27/h11,16,18-22,24-27,32-35H,1,5-10,12-14H2,2-4H3/t16-,18+,19-,20-,21+,22-,24-,25+,26+,27-,28-,29+,30-/m0/s1. The Hall–Kier alpha value is -1.29. The Morgan fingerprint density at radius 2 is 1.79 bits per heavy atom. The van der Waals surface area contributed by atoms with Gasteiger partial charge in [-0.1, -0.05) is 26.0 Å². The molecule has 0 radical (unpaired) electrons. The van der Waals surface area contributed by atoms with Crippen molar-refractivity contribution in [2.45, 2.75) is 115 Å². The number of fused-ring (bicyclic) bond motifs is 5. The first-order valence-corrected chi connectivity index (χ1v) is 14.5. The van der Waals surface area contributed by atoms with Crippen LogP contribution in [0.3, 0.4) is 0 Å². The lowest BCUT2D eigenvalue weighted by Crippen LogP contribution is -2.58. The van der Waals surface area contributed by atoms with Crippen LogP contribution in [-0.2, 0) is 19.0 Å². The van der Waals surface area contributed by atoms with Crippen molar-refractivity contribution in [2.75, 3.05) is 6.61 Å². The Morgan fingerprint density at radius 1 is 1.03 bits per heavy atom. The second-order valence-electron chi connectivity index (χ2n) is 13.6. The summed E-state index contributed by atoms with van der Waals surface area (Å²) in [4.78, 5) is 11.8. The summed E-state index contributed by atoms with van der Waals surface area (Å²) in [7, 11) is 0. The van der Waals surface area contributed by atoms with Gasteiger partial charge in [0, 0.05) is 17.4 Å². The Kier molecular flexibility index (Phi) is 6.45. The summed E-state index contributed by atoms with van der Waals surface area (Å²) in [6.45, 7) is 11.2. The number of rotatable bonds is 3. The maximum atomic E-state index is 12.3. The van der Waals surface area contributed by atoms with Crippen LogP contribution in [0.2, 0.25) is 0 Å². The van der Waals surface area contributed by atoms with Gasteiger partial charge >= 0.3 is 5.97 Å². The summed E-state index contributed by atoms with van der Waals surface area (Å²) in [5.41, 5.74) is 0.926. The van der Waals surface area contributed by atoms with Crippen molar-refractivity contribution in [1.29, 1.82) is 0 Å². The molecular formula is C30H44O8. The lowest BCUT2D eigenvalue weighted by atomic mass is 9.51. The van der Waals surface area contributed by atoms with Gasteiger partial charge < -0.3 is 34.6 Å². The Morgan fingerprint density at radius 3 is 2.50 bits per heavy atom. The zero-order valence-electron chi connectivity index (χ0n) is 22.8. The largest absolute Gasteiger partial charge is 0.458 e. The number of cyclic esters (lactones) is 1. The molecule has 2 heterocycles. The summed E-state index contributed by atoms with van der Waals surface area (Å²) in [6, 6.07) is 0. The molecule has 0 spiro atoms. The van der Waals surface area contributed by atoms with Gasteiger partial charge in [-0.05, 0) is 87.0 Å². The number of hydrogen-bond acceptors (Lipinski definition) is 8. The molecule has 212 valence electrons. The SMILES string of the molecule is C=C1[C@@H](C2=CC(=O)OC2)CC[C@]2(O)[C@@H]3CC[C@@H]4C[C@@H](O[C@@H]5O[C@@H](C)[C@H](O)[C@@H](O)[C@H]5O)CC[C@]4(C)[C@H]3C[C@]12C. The minimum Gasteiger partial charge on any atom is -0.458 e. The molecule has 0 aromatic carbocycles. The van der Waals surface area contributed by atoms with E-state index in [1.165, 1.54) is 0 Å². The predicted molar refractivity (Wildman–Crippen MR) is 137 cm³/mol. The van der Waals surface area contributed by atoms with Gasteiger partial charge in [0.2, 0.25) is 0 Å². The van der Waals surface area contributed by atoms with Crippen LogP contribution in [-0.4, -0.2) is 75.4 Å². The molecule has 8 nitrogen and oxygen atoms in total. The van der Waals surface area contributed by atoms with Gasteiger partial charge in [0.1, 0.15) is 24.9 Å². The van der Waals surface area contributed by atoms with Crippen molar-refractivity contribution in [3.05, 3.63) is 23.8 Å². The first kappa shape index (κ1) is 26.9. The minimum absolute atomic E-state index is 0.0649. The summed E-state index contributed by atoms with van der Waals surface area (Å²) < 4.78 is 17.1. The van der Waals surface area contributed by atoms with Gasteiger partial charge in [0.15, 0.2) is 6.29 Å². The van der Waals surface area contributed by atoms with Gasteiger partial charge in [0.05, 0.1) is 17.8 Å². The van der Waals surface area contributed by atoms with E-state index in [1.54, 1.807) is 13.0 Å². The number of aliphatic hydroxyl groups excluding tert-OH is 3. The first-order chi connectivity index (χ1) is 17.9. The number of carbonyl (C=O) groups excluding carboxylic acids is 1. The lowest BCUT2D eigenvalue weighted by Gasteiger charge is -2.56. The van der Waals surface area contributed by atoms with E-state index >= 15 is 0 Å². The van der Waals surface area contributed by atoms with Gasteiger partial charge in [-0.3, -0.25) is 0 Å². The van der Waals surface area contributed by atoms with Crippen LogP contribution < -0.4 is 0 Å². The van der Waals surface area contributed by atoms with E-state index in [1.807, 2.05) is 0 Å². The van der Waals surface area contributed by atoms with Crippen molar-refractivity contribution in [2.24, 2.45) is 34.5 Å². The summed E-state index contributed by atoms with van der Waals surface area (Å²) in [5.74, 6) is 0.824. The average molecular weight is 533 g/mol. The highest BCUT2D eigenvalue weighted by molar-refractivity contribution is 5.85. The monoisotopic (exact) mass is 532 g/mol. The minimum atomic E-state index is -1.29. The van der Waals surface area contributed by atoms with E-state index in [9.17, 15) is 25.2 Å². The molecule has 2 aliphatic heterocycles. The summed E-state index contributed by atoms with van der Waals surface area (Å²) >= 11 is 0. The molecule has 0 bridgehead atoms. The van der Waals surface area contributed by atoms with Crippen LogP contribution in [0.1, 0.15) is 72.1 Å². The molecule has 4 N–H and O–H groups in total. The Bertz CT molecular complexity index is 1030. The Labute approximate surface area is 225 Å². The second kappa shape index (κ2) is 9.11. The molecule has 38 heavy (non-hydrogen) atoms. The van der Waals surface area contributed by atoms with Crippen molar-refractivity contribution in [3.63, 3.8) is 0 Å². The van der Waals surface area contributed by atoms with E-state index in [4.69, 9.17) is 14.2 Å². The highest BCUT2D eigenvalue weighted by atomic mass is 16.7. The third-order valence-electron chi connectivity index (χ3n) is 12.1. The first-order valence-electron chi connectivity index (χ1n) is 14.5. The van der Waals surface area contributed by atoms with Gasteiger partial charge in [-0.15, -0.1) is 0 Å². The third kappa shape index (κ3) is 3.74. The molecule has 5 fully saturated rings. The number of hydrogen-bond donors (Lipinski definition) is 4. The van der Waals surface area contributed by atoms with Gasteiger partial charge in [-0.2, -0.15) is 0 Å². The average Bonchev–Trinajstić information content (AvgIpc) is 3.41. The fourth-order valence-electron chi connectivity index (χ4n) is 9.56. The van der Waals surface area contributed by atoms with Crippen molar-refractivity contribution in [1.82, 2.24) is 0 Å². The smallest absolute Gasteiger partial charge is 0.331 e. The number of aliphatic hydroxyl groups is 4. The maximum Gasteiger partial charge on any atom is 0.331 e. The van der Waals surface area contributed by atoms with E-state index in [0.717, 1.165) is 62.5 Å². The predicted octanol–water partition coefficient (Wildman–Crippen LogP) is 2.62. The van der Waals surface area contributed by atoms with Crippen LogP contribution in [0.5, 0.6) is 0 Å². The molecule has 0 aromatic rings. The zero-order chi connectivity index (χ0) is 27.2. The highest BCUT2D eigenvalue weighted by Gasteiger charge is 2.69. The maximum absolute atomic E-state index is 12.3. The molecule has 0 amide bonds. The molecular weight excluding hydrogens is 488 g/mol. The normalized spacial score (nSPS) is 54.6. The molecule has 0 unspecified atom stereocenters. The number of carbonyl (C=O) groups is 1. The van der Waals surface area contributed by atoms with Crippen LogP contribution in [0.25, 0.3) is 0 Å². The summed E-state index contributed by atoms with van der Waals surface area (Å²) in [6.07, 6.45) is 3.28. The van der Waals surface area contributed by atoms with E-state index in [-0.39, 0.29) is 29.3 Å². The molecule has 8 heteroatoms. The number of ether oxygens (including phenoxy) is 3. The topological polar surface area (TPSA) is 126 Å². The fraction of sp³-hybridized carbons (Fsp3) is 0.833. The Balaban J connectivity index is 1.18. The van der Waals surface area contributed by atoms with Crippen molar-refractivity contribution < 1.29 is 39.4 Å². The van der Waals surface area contributed by atoms with Gasteiger partial charge in [-0.25, -0.2) is 4.79 Å². The third-order valence-corrected chi connectivity index (χ3v) is 12.1. The van der Waals surface area contributed by atoms with Crippen molar-refractivity contribution >= 4 is 5.97 Å². The van der Waals surface area contributed by atoms with Gasteiger partial charge in [0.25, 0.3) is 0 Å². The van der Waals surface area contributed by atoms with E-state index in [0.29, 0.717) is 18.4 Å². The second-order valence-corrected chi connectivity index (χ2v) is 13.6. The van der Waals surface area contributed by atoms with Crippen molar-refractivity contribution in [3.8, 4) is 0 Å². The van der Waals surface area contributed by atoms with Crippen LogP contribution in [0.15, 0.2) is 23.8 Å². The fourth-order valence-corrected chi connectivity index (χ4v) is 9.56. The van der Waals surface area contributed by atoms with Crippen LogP contribution >= 0.6 is 0 Å². The lowest BCUT2D eigenvalue weighted by molar-refractivity contribution is -0.309. The molecule has 4 saturated carbocycles. The van der Waals surface area contributed by atoms with E-state index in [2.05, 4.69) is 20.4 Å². The van der Waals surface area contributed by atoms with E-state index < -0.39 is 41.7 Å². The highest BCUT2D eigenvalue weighted by Crippen LogP contribution is 2.71. The molecule has 13 atom stereocenters. The number of esters is 1. The molecule has 0 aromatic heterocycles.